The minimum atomic E-state index is -0.0482. The predicted octanol–water partition coefficient (Wildman–Crippen LogP) is 4.77. The van der Waals surface area contributed by atoms with Crippen LogP contribution in [0.2, 0.25) is 0 Å². The maximum atomic E-state index is 5.84. The van der Waals surface area contributed by atoms with Crippen molar-refractivity contribution >= 4 is 29.9 Å². The van der Waals surface area contributed by atoms with Gasteiger partial charge in [0.05, 0.1) is 25.9 Å². The zero-order chi connectivity index (χ0) is 20.4. The van der Waals surface area contributed by atoms with E-state index in [0.29, 0.717) is 25.6 Å². The standard InChI is InChI=1S/C22H34N4O2.HI/c1-6-12-27-16-18-11-9-8-10-17(18)13-25-21(23-7-2)26-15-20-24-14-19(28-20)22(3,4)5;/h8-11,14H,6-7,12-13,15-16H2,1-5H3,(H2,23,25,26);1H. The van der Waals surface area contributed by atoms with Crippen molar-refractivity contribution in [2.75, 3.05) is 13.2 Å². The van der Waals surface area contributed by atoms with E-state index in [1.807, 2.05) is 19.1 Å². The number of aliphatic imine (C=N–C) groups is 1. The summed E-state index contributed by atoms with van der Waals surface area (Å²) in [6.45, 7) is 13.7. The first-order chi connectivity index (χ1) is 13.4. The lowest BCUT2D eigenvalue weighted by Crippen LogP contribution is -2.36. The molecule has 2 aromatic rings. The molecule has 0 radical (unpaired) electrons. The van der Waals surface area contributed by atoms with Crippen molar-refractivity contribution in [1.29, 1.82) is 0 Å². The summed E-state index contributed by atoms with van der Waals surface area (Å²) in [5, 5.41) is 6.57. The summed E-state index contributed by atoms with van der Waals surface area (Å²) in [7, 11) is 0. The van der Waals surface area contributed by atoms with Gasteiger partial charge >= 0.3 is 0 Å². The number of benzene rings is 1. The molecule has 0 saturated heterocycles. The van der Waals surface area contributed by atoms with Crippen molar-refractivity contribution in [2.24, 2.45) is 4.99 Å². The maximum absolute atomic E-state index is 5.84. The van der Waals surface area contributed by atoms with Crippen molar-refractivity contribution in [1.82, 2.24) is 15.6 Å². The number of ether oxygens (including phenoxy) is 1. The molecule has 7 heteroatoms. The molecular weight excluding hydrogens is 479 g/mol. The molecule has 0 bridgehead atoms. The third-order valence-electron chi connectivity index (χ3n) is 4.18. The Hall–Kier alpha value is -1.61. The topological polar surface area (TPSA) is 71.7 Å². The van der Waals surface area contributed by atoms with E-state index in [-0.39, 0.29) is 29.4 Å². The van der Waals surface area contributed by atoms with Gasteiger partial charge in [0.25, 0.3) is 0 Å². The highest BCUT2D eigenvalue weighted by molar-refractivity contribution is 14.0. The van der Waals surface area contributed by atoms with Crippen molar-refractivity contribution < 1.29 is 9.15 Å². The van der Waals surface area contributed by atoms with Gasteiger partial charge in [-0.25, -0.2) is 9.98 Å². The molecule has 0 fully saturated rings. The highest BCUT2D eigenvalue weighted by atomic mass is 127. The Morgan fingerprint density at radius 2 is 1.86 bits per heavy atom. The lowest BCUT2D eigenvalue weighted by molar-refractivity contribution is 0.121. The van der Waals surface area contributed by atoms with Crippen molar-refractivity contribution in [3.8, 4) is 0 Å². The van der Waals surface area contributed by atoms with E-state index in [1.165, 1.54) is 11.1 Å². The van der Waals surface area contributed by atoms with Gasteiger partial charge in [-0.2, -0.15) is 0 Å². The SMILES string of the molecule is CCCOCc1ccccc1CN=C(NCC)NCc1ncc(C(C)(C)C)o1.I. The van der Waals surface area contributed by atoms with E-state index in [2.05, 4.69) is 55.4 Å². The Morgan fingerprint density at radius 1 is 1.14 bits per heavy atom. The first kappa shape index (κ1) is 25.4. The summed E-state index contributed by atoms with van der Waals surface area (Å²) in [6, 6.07) is 8.27. The molecular formula is C22H35IN4O2. The molecule has 2 rings (SSSR count). The van der Waals surface area contributed by atoms with Gasteiger partial charge in [0.1, 0.15) is 5.76 Å². The van der Waals surface area contributed by atoms with Crippen LogP contribution in [0.15, 0.2) is 39.9 Å². The van der Waals surface area contributed by atoms with Crippen LogP contribution < -0.4 is 10.6 Å². The Morgan fingerprint density at radius 3 is 2.48 bits per heavy atom. The van der Waals surface area contributed by atoms with Crippen LogP contribution in [0.4, 0.5) is 0 Å². The van der Waals surface area contributed by atoms with Gasteiger partial charge in [0.15, 0.2) is 5.96 Å². The highest BCUT2D eigenvalue weighted by Gasteiger charge is 2.19. The van der Waals surface area contributed by atoms with E-state index >= 15 is 0 Å². The summed E-state index contributed by atoms with van der Waals surface area (Å²) in [4.78, 5) is 9.07. The molecule has 1 aromatic heterocycles. The summed E-state index contributed by atoms with van der Waals surface area (Å²) >= 11 is 0. The molecule has 1 heterocycles. The predicted molar refractivity (Wildman–Crippen MR) is 129 cm³/mol. The monoisotopic (exact) mass is 514 g/mol. The van der Waals surface area contributed by atoms with Crippen LogP contribution in [0.1, 0.15) is 63.8 Å². The van der Waals surface area contributed by atoms with E-state index < -0.39 is 0 Å². The molecule has 29 heavy (non-hydrogen) atoms. The molecule has 0 amide bonds. The van der Waals surface area contributed by atoms with Crippen LogP contribution in [-0.2, 0) is 29.8 Å². The molecule has 0 aliphatic heterocycles. The van der Waals surface area contributed by atoms with E-state index in [1.54, 1.807) is 6.20 Å². The fourth-order valence-corrected chi connectivity index (χ4v) is 2.58. The minimum Gasteiger partial charge on any atom is -0.443 e. The molecule has 0 aliphatic rings. The Kier molecular flexibility index (Phi) is 11.3. The van der Waals surface area contributed by atoms with Gasteiger partial charge in [-0.05, 0) is 24.5 Å². The number of nitrogens with one attached hydrogen (secondary N) is 2. The number of aromatic nitrogens is 1. The number of hydrogen-bond acceptors (Lipinski definition) is 4. The van der Waals surface area contributed by atoms with Gasteiger partial charge in [-0.15, -0.1) is 24.0 Å². The van der Waals surface area contributed by atoms with Crippen LogP contribution in [0.3, 0.4) is 0 Å². The summed E-state index contributed by atoms with van der Waals surface area (Å²) < 4.78 is 11.5. The minimum absolute atomic E-state index is 0. The van der Waals surface area contributed by atoms with Crippen LogP contribution in [0.5, 0.6) is 0 Å². The smallest absolute Gasteiger partial charge is 0.213 e. The fraction of sp³-hybridized carbons (Fsp3) is 0.545. The number of oxazole rings is 1. The summed E-state index contributed by atoms with van der Waals surface area (Å²) in [5.41, 5.74) is 2.30. The van der Waals surface area contributed by atoms with Crippen LogP contribution >= 0.6 is 24.0 Å². The second-order valence-corrected chi connectivity index (χ2v) is 7.74. The van der Waals surface area contributed by atoms with Gasteiger partial charge < -0.3 is 19.8 Å². The molecule has 0 aliphatic carbocycles. The number of halogens is 1. The molecule has 0 saturated carbocycles. The summed E-state index contributed by atoms with van der Waals surface area (Å²) in [6.07, 6.45) is 2.82. The molecule has 0 spiro atoms. The molecule has 2 N–H and O–H groups in total. The Labute approximate surface area is 191 Å². The molecule has 0 unspecified atom stereocenters. The molecule has 162 valence electrons. The average Bonchev–Trinajstić information content (AvgIpc) is 3.15. The van der Waals surface area contributed by atoms with Crippen LogP contribution in [0.25, 0.3) is 0 Å². The lowest BCUT2D eigenvalue weighted by atomic mass is 9.94. The van der Waals surface area contributed by atoms with E-state index in [0.717, 1.165) is 31.3 Å². The Bertz CT molecular complexity index is 753. The van der Waals surface area contributed by atoms with Crippen molar-refractivity contribution in [2.45, 2.75) is 66.2 Å². The zero-order valence-electron chi connectivity index (χ0n) is 18.2. The third-order valence-corrected chi connectivity index (χ3v) is 4.18. The number of nitrogens with zero attached hydrogens (tertiary/aromatic N) is 2. The largest absolute Gasteiger partial charge is 0.443 e. The molecule has 0 atom stereocenters. The summed E-state index contributed by atoms with van der Waals surface area (Å²) in [5.74, 6) is 2.28. The second-order valence-electron chi connectivity index (χ2n) is 7.74. The van der Waals surface area contributed by atoms with E-state index in [4.69, 9.17) is 14.1 Å². The normalized spacial score (nSPS) is 11.8. The lowest BCUT2D eigenvalue weighted by Gasteiger charge is -2.13. The number of rotatable bonds is 9. The van der Waals surface area contributed by atoms with Gasteiger partial charge in [0, 0.05) is 18.6 Å². The number of hydrogen-bond donors (Lipinski definition) is 2. The van der Waals surface area contributed by atoms with Gasteiger partial charge in [-0.3, -0.25) is 0 Å². The highest BCUT2D eigenvalue weighted by Crippen LogP contribution is 2.22. The van der Waals surface area contributed by atoms with Crippen LogP contribution in [0, 0.1) is 0 Å². The zero-order valence-corrected chi connectivity index (χ0v) is 20.6. The van der Waals surface area contributed by atoms with E-state index in [9.17, 15) is 0 Å². The molecule has 1 aromatic carbocycles. The Balaban J connectivity index is 0.00000420. The average molecular weight is 514 g/mol. The fourth-order valence-electron chi connectivity index (χ4n) is 2.58. The third kappa shape index (κ3) is 8.74. The van der Waals surface area contributed by atoms with Gasteiger partial charge in [0.2, 0.25) is 5.89 Å². The first-order valence-corrected chi connectivity index (χ1v) is 10.1. The number of guanidine groups is 1. The van der Waals surface area contributed by atoms with Crippen molar-refractivity contribution in [3.63, 3.8) is 0 Å². The first-order valence-electron chi connectivity index (χ1n) is 10.1. The second kappa shape index (κ2) is 12.8. The van der Waals surface area contributed by atoms with Crippen molar-refractivity contribution in [3.05, 3.63) is 53.2 Å². The van der Waals surface area contributed by atoms with Gasteiger partial charge in [-0.1, -0.05) is 52.0 Å². The quantitative estimate of drug-likeness (QED) is 0.218. The van der Waals surface area contributed by atoms with Crippen LogP contribution in [-0.4, -0.2) is 24.1 Å². The maximum Gasteiger partial charge on any atom is 0.213 e. The molecule has 6 nitrogen and oxygen atoms in total.